The second kappa shape index (κ2) is 6.98. The van der Waals surface area contributed by atoms with Crippen LogP contribution in [0.4, 0.5) is 11.5 Å². The number of nitrogens with two attached hydrogens (primary N) is 1. The minimum absolute atomic E-state index is 0.00642. The average Bonchev–Trinajstić information content (AvgIpc) is 2.51. The van der Waals surface area contributed by atoms with Gasteiger partial charge in [-0.3, -0.25) is 0 Å². The van der Waals surface area contributed by atoms with Gasteiger partial charge in [0.25, 0.3) is 0 Å². The van der Waals surface area contributed by atoms with Gasteiger partial charge in [-0.1, -0.05) is 13.8 Å². The summed E-state index contributed by atoms with van der Waals surface area (Å²) >= 11 is 0. The summed E-state index contributed by atoms with van der Waals surface area (Å²) in [7, 11) is 0. The standard InChI is InChI=1S/C16H27N3O2/c1-4-16(5-2)11-12(9-10-21-16)18-14-8-7-13(17)15(19-14)20-6-3/h7-8,12H,4-6,9-11,17H2,1-3H3,(H,18,19). The number of anilines is 2. The lowest BCUT2D eigenvalue weighted by atomic mass is 9.86. The number of ether oxygens (including phenoxy) is 2. The van der Waals surface area contributed by atoms with Crippen LogP contribution in [-0.2, 0) is 4.74 Å². The number of nitrogens with zero attached hydrogens (tertiary/aromatic N) is 1. The van der Waals surface area contributed by atoms with Gasteiger partial charge in [0, 0.05) is 12.6 Å². The van der Waals surface area contributed by atoms with Crippen LogP contribution in [-0.4, -0.2) is 29.8 Å². The van der Waals surface area contributed by atoms with Gasteiger partial charge in [-0.05, 0) is 44.7 Å². The Bertz CT molecular complexity index is 461. The van der Waals surface area contributed by atoms with Crippen molar-refractivity contribution in [3.05, 3.63) is 12.1 Å². The second-order valence-corrected chi connectivity index (χ2v) is 5.60. The third kappa shape index (κ3) is 3.79. The van der Waals surface area contributed by atoms with Crippen LogP contribution in [0.5, 0.6) is 5.88 Å². The predicted molar refractivity (Wildman–Crippen MR) is 85.7 cm³/mol. The van der Waals surface area contributed by atoms with Crippen LogP contribution in [0, 0.1) is 0 Å². The summed E-state index contributed by atoms with van der Waals surface area (Å²) in [6.45, 7) is 7.68. The Morgan fingerprint density at radius 1 is 1.38 bits per heavy atom. The van der Waals surface area contributed by atoms with Crippen molar-refractivity contribution < 1.29 is 9.47 Å². The van der Waals surface area contributed by atoms with Crippen LogP contribution in [0.25, 0.3) is 0 Å². The highest BCUT2D eigenvalue weighted by molar-refractivity contribution is 5.53. The number of hydrogen-bond donors (Lipinski definition) is 2. The zero-order chi connectivity index (χ0) is 15.3. The Kier molecular flexibility index (Phi) is 5.28. The van der Waals surface area contributed by atoms with E-state index in [1.807, 2.05) is 19.1 Å². The van der Waals surface area contributed by atoms with Gasteiger partial charge in [-0.2, -0.15) is 4.98 Å². The number of pyridine rings is 1. The van der Waals surface area contributed by atoms with Crippen LogP contribution in [0.1, 0.15) is 46.5 Å². The zero-order valence-electron chi connectivity index (χ0n) is 13.3. The molecular weight excluding hydrogens is 266 g/mol. The van der Waals surface area contributed by atoms with E-state index in [0.717, 1.165) is 38.1 Å². The van der Waals surface area contributed by atoms with Crippen molar-refractivity contribution in [2.24, 2.45) is 0 Å². The van der Waals surface area contributed by atoms with Crippen LogP contribution in [0.3, 0.4) is 0 Å². The van der Waals surface area contributed by atoms with Gasteiger partial charge in [0.1, 0.15) is 5.82 Å². The highest BCUT2D eigenvalue weighted by Gasteiger charge is 2.34. The molecule has 0 aliphatic carbocycles. The molecule has 118 valence electrons. The van der Waals surface area contributed by atoms with Crippen molar-refractivity contribution in [3.63, 3.8) is 0 Å². The first-order chi connectivity index (χ1) is 10.1. The number of nitrogen functional groups attached to an aromatic ring is 1. The largest absolute Gasteiger partial charge is 0.476 e. The molecule has 1 aliphatic rings. The molecule has 0 spiro atoms. The molecule has 1 unspecified atom stereocenters. The molecule has 0 aromatic carbocycles. The van der Waals surface area contributed by atoms with E-state index in [9.17, 15) is 0 Å². The van der Waals surface area contributed by atoms with Gasteiger partial charge in [0.15, 0.2) is 0 Å². The summed E-state index contributed by atoms with van der Waals surface area (Å²) in [6.07, 6.45) is 4.09. The molecule has 21 heavy (non-hydrogen) atoms. The van der Waals surface area contributed by atoms with Crippen LogP contribution in [0.2, 0.25) is 0 Å². The van der Waals surface area contributed by atoms with Gasteiger partial charge >= 0.3 is 0 Å². The summed E-state index contributed by atoms with van der Waals surface area (Å²) < 4.78 is 11.5. The topological polar surface area (TPSA) is 69.4 Å². The molecule has 5 nitrogen and oxygen atoms in total. The van der Waals surface area contributed by atoms with E-state index in [1.165, 1.54) is 0 Å². The fourth-order valence-corrected chi connectivity index (χ4v) is 2.89. The summed E-state index contributed by atoms with van der Waals surface area (Å²) in [5.74, 6) is 1.33. The lowest BCUT2D eigenvalue weighted by Gasteiger charge is -2.40. The fraction of sp³-hybridized carbons (Fsp3) is 0.688. The van der Waals surface area contributed by atoms with Gasteiger partial charge in [0.2, 0.25) is 5.88 Å². The summed E-state index contributed by atoms with van der Waals surface area (Å²) in [4.78, 5) is 4.46. The van der Waals surface area contributed by atoms with E-state index >= 15 is 0 Å². The van der Waals surface area contributed by atoms with Crippen LogP contribution in [0.15, 0.2) is 12.1 Å². The molecule has 1 aromatic heterocycles. The summed E-state index contributed by atoms with van der Waals surface area (Å²) in [5.41, 5.74) is 6.44. The molecule has 0 bridgehead atoms. The van der Waals surface area contributed by atoms with Gasteiger partial charge < -0.3 is 20.5 Å². The Balaban J connectivity index is 2.05. The molecule has 1 aromatic rings. The van der Waals surface area contributed by atoms with E-state index in [4.69, 9.17) is 15.2 Å². The minimum Gasteiger partial charge on any atom is -0.476 e. The minimum atomic E-state index is 0.00642. The Labute approximate surface area is 127 Å². The molecule has 0 amide bonds. The fourth-order valence-electron chi connectivity index (χ4n) is 2.89. The maximum atomic E-state index is 6.01. The van der Waals surface area contributed by atoms with E-state index < -0.39 is 0 Å². The smallest absolute Gasteiger partial charge is 0.239 e. The second-order valence-electron chi connectivity index (χ2n) is 5.60. The Morgan fingerprint density at radius 3 is 2.81 bits per heavy atom. The molecule has 5 heteroatoms. The van der Waals surface area contributed by atoms with Gasteiger partial charge in [-0.25, -0.2) is 0 Å². The van der Waals surface area contributed by atoms with Gasteiger partial charge in [-0.15, -0.1) is 0 Å². The normalized spacial score (nSPS) is 21.0. The molecule has 1 saturated heterocycles. The van der Waals surface area contributed by atoms with Gasteiger partial charge in [0.05, 0.1) is 17.9 Å². The van der Waals surface area contributed by atoms with Crippen molar-refractivity contribution >= 4 is 11.5 Å². The van der Waals surface area contributed by atoms with Crippen molar-refractivity contribution in [2.75, 3.05) is 24.3 Å². The lowest BCUT2D eigenvalue weighted by molar-refractivity contribution is -0.0864. The quantitative estimate of drug-likeness (QED) is 0.843. The van der Waals surface area contributed by atoms with Crippen molar-refractivity contribution in [2.45, 2.75) is 58.1 Å². The van der Waals surface area contributed by atoms with E-state index in [2.05, 4.69) is 24.1 Å². The molecule has 1 atom stereocenters. The third-order valence-electron chi connectivity index (χ3n) is 4.30. The predicted octanol–water partition coefficient (Wildman–Crippen LogP) is 3.21. The number of aromatic nitrogens is 1. The molecule has 1 aliphatic heterocycles. The SMILES string of the molecule is CCOc1nc(NC2CCOC(CC)(CC)C2)ccc1N. The number of hydrogen-bond acceptors (Lipinski definition) is 5. The van der Waals surface area contributed by atoms with Crippen molar-refractivity contribution in [3.8, 4) is 5.88 Å². The molecule has 0 saturated carbocycles. The van der Waals surface area contributed by atoms with E-state index in [-0.39, 0.29) is 5.60 Å². The maximum Gasteiger partial charge on any atom is 0.239 e. The zero-order valence-corrected chi connectivity index (χ0v) is 13.3. The molecule has 1 fully saturated rings. The monoisotopic (exact) mass is 293 g/mol. The highest BCUT2D eigenvalue weighted by Crippen LogP contribution is 2.33. The first kappa shape index (κ1) is 15.9. The number of rotatable bonds is 6. The molecule has 2 rings (SSSR count). The maximum absolute atomic E-state index is 6.01. The van der Waals surface area contributed by atoms with Crippen molar-refractivity contribution in [1.29, 1.82) is 0 Å². The number of nitrogens with one attached hydrogen (secondary N) is 1. The Hall–Kier alpha value is -1.49. The third-order valence-corrected chi connectivity index (χ3v) is 4.30. The summed E-state index contributed by atoms with van der Waals surface area (Å²) in [6, 6.07) is 4.13. The van der Waals surface area contributed by atoms with E-state index in [1.54, 1.807) is 0 Å². The first-order valence-corrected chi connectivity index (χ1v) is 7.92. The van der Waals surface area contributed by atoms with E-state index in [0.29, 0.717) is 24.2 Å². The molecular formula is C16H27N3O2. The van der Waals surface area contributed by atoms with Crippen LogP contribution >= 0.6 is 0 Å². The van der Waals surface area contributed by atoms with Crippen molar-refractivity contribution in [1.82, 2.24) is 4.98 Å². The lowest BCUT2D eigenvalue weighted by Crippen LogP contribution is -2.43. The highest BCUT2D eigenvalue weighted by atomic mass is 16.5. The average molecular weight is 293 g/mol. The van der Waals surface area contributed by atoms with Crippen LogP contribution < -0.4 is 15.8 Å². The molecule has 0 radical (unpaired) electrons. The molecule has 2 heterocycles. The Morgan fingerprint density at radius 2 is 2.14 bits per heavy atom. The first-order valence-electron chi connectivity index (χ1n) is 7.92. The summed E-state index contributed by atoms with van der Waals surface area (Å²) in [5, 5.41) is 3.50. The molecule has 3 N–H and O–H groups in total.